The fraction of sp³-hybridized carbons (Fsp3) is 0.438. The Morgan fingerprint density at radius 3 is 2.71 bits per heavy atom. The minimum atomic E-state index is -0.00497. The summed E-state index contributed by atoms with van der Waals surface area (Å²) in [6.07, 6.45) is 0. The number of ether oxygens (including phenoxy) is 2. The van der Waals surface area contributed by atoms with Gasteiger partial charge in [0.25, 0.3) is 0 Å². The van der Waals surface area contributed by atoms with Gasteiger partial charge >= 0.3 is 0 Å². The number of hydrogen-bond donors (Lipinski definition) is 1. The summed E-state index contributed by atoms with van der Waals surface area (Å²) in [5.74, 6) is 3.01. The van der Waals surface area contributed by atoms with E-state index in [1.54, 1.807) is 26.4 Å². The molecule has 2 rings (SSSR count). The lowest BCUT2D eigenvalue weighted by Gasteiger charge is -2.07. The highest BCUT2D eigenvalue weighted by Crippen LogP contribution is 2.31. The third-order valence-electron chi connectivity index (χ3n) is 3.02. The van der Waals surface area contributed by atoms with E-state index in [1.165, 1.54) is 11.8 Å². The van der Waals surface area contributed by atoms with Gasteiger partial charge in [-0.15, -0.1) is 11.8 Å². The summed E-state index contributed by atoms with van der Waals surface area (Å²) < 4.78 is 15.7. The maximum Gasteiger partial charge on any atom is 0.236 e. The zero-order valence-corrected chi connectivity index (χ0v) is 15.0. The number of benzene rings is 1. The molecule has 8 heteroatoms. The van der Waals surface area contributed by atoms with E-state index < -0.39 is 0 Å². The largest absolute Gasteiger partial charge is 0.493 e. The Morgan fingerprint density at radius 1 is 1.29 bits per heavy atom. The smallest absolute Gasteiger partial charge is 0.236 e. The summed E-state index contributed by atoms with van der Waals surface area (Å²) in [6, 6.07) is 5.55. The Bertz CT molecular complexity index is 688. The molecule has 2 aromatic rings. The highest BCUT2D eigenvalue weighted by Gasteiger charge is 2.13. The van der Waals surface area contributed by atoms with Gasteiger partial charge in [0.2, 0.25) is 17.6 Å². The van der Waals surface area contributed by atoms with Crippen LogP contribution in [0.15, 0.2) is 22.7 Å². The van der Waals surface area contributed by atoms with E-state index in [2.05, 4.69) is 15.5 Å². The summed E-state index contributed by atoms with van der Waals surface area (Å²) >= 11 is 1.43. The molecule has 0 saturated heterocycles. The van der Waals surface area contributed by atoms with Crippen LogP contribution in [0.4, 0.5) is 0 Å². The lowest BCUT2D eigenvalue weighted by atomic mass is 10.2. The fourth-order valence-electron chi connectivity index (χ4n) is 2.00. The lowest BCUT2D eigenvalue weighted by Crippen LogP contribution is -2.31. The van der Waals surface area contributed by atoms with Crippen LogP contribution in [0, 0.1) is 0 Å². The van der Waals surface area contributed by atoms with Crippen LogP contribution in [-0.4, -0.2) is 42.1 Å². The van der Waals surface area contributed by atoms with Crippen LogP contribution < -0.4 is 14.8 Å². The van der Waals surface area contributed by atoms with E-state index in [1.807, 2.05) is 19.9 Å². The number of carbonyl (C=O) groups is 1. The predicted molar refractivity (Wildman–Crippen MR) is 92.3 cm³/mol. The second-order valence-corrected chi connectivity index (χ2v) is 6.28. The van der Waals surface area contributed by atoms with Gasteiger partial charge in [-0.05, 0) is 32.0 Å². The van der Waals surface area contributed by atoms with Crippen molar-refractivity contribution in [2.45, 2.75) is 25.6 Å². The highest BCUT2D eigenvalue weighted by molar-refractivity contribution is 7.99. The summed E-state index contributed by atoms with van der Waals surface area (Å²) in [5.41, 5.74) is 0.769. The van der Waals surface area contributed by atoms with E-state index in [9.17, 15) is 4.79 Å². The molecule has 0 fully saturated rings. The van der Waals surface area contributed by atoms with Crippen molar-refractivity contribution < 1.29 is 18.8 Å². The first-order chi connectivity index (χ1) is 11.5. The average Bonchev–Trinajstić information content (AvgIpc) is 3.02. The molecule has 0 radical (unpaired) electrons. The van der Waals surface area contributed by atoms with Crippen molar-refractivity contribution in [2.75, 3.05) is 20.0 Å². The number of thioether (sulfide) groups is 1. The summed E-state index contributed by atoms with van der Waals surface area (Å²) in [7, 11) is 3.15. The average molecular weight is 351 g/mol. The number of nitrogens with zero attached hydrogens (tertiary/aromatic N) is 2. The first-order valence-corrected chi connectivity index (χ1v) is 8.61. The van der Waals surface area contributed by atoms with Gasteiger partial charge in [0.15, 0.2) is 11.5 Å². The molecule has 24 heavy (non-hydrogen) atoms. The Labute approximate surface area is 145 Å². The molecule has 1 aromatic carbocycles. The fourth-order valence-corrected chi connectivity index (χ4v) is 2.66. The highest BCUT2D eigenvalue weighted by atomic mass is 32.2. The quantitative estimate of drug-likeness (QED) is 0.782. The minimum Gasteiger partial charge on any atom is -0.493 e. The third-order valence-corrected chi connectivity index (χ3v) is 3.94. The molecule has 0 unspecified atom stereocenters. The van der Waals surface area contributed by atoms with Gasteiger partial charge in [-0.1, -0.05) is 5.16 Å². The van der Waals surface area contributed by atoms with E-state index in [-0.39, 0.29) is 11.9 Å². The molecule has 130 valence electrons. The minimum absolute atomic E-state index is 0.00497. The Morgan fingerprint density at radius 2 is 2.04 bits per heavy atom. The van der Waals surface area contributed by atoms with Gasteiger partial charge in [0.05, 0.1) is 25.7 Å². The molecular formula is C16H21N3O4S. The molecule has 1 N–H and O–H groups in total. The molecule has 0 saturated carbocycles. The van der Waals surface area contributed by atoms with E-state index in [4.69, 9.17) is 14.0 Å². The number of aromatic nitrogens is 2. The second-order valence-electron chi connectivity index (χ2n) is 5.30. The van der Waals surface area contributed by atoms with Crippen LogP contribution >= 0.6 is 11.8 Å². The number of rotatable bonds is 8. The van der Waals surface area contributed by atoms with Crippen molar-refractivity contribution in [1.29, 1.82) is 0 Å². The Hall–Kier alpha value is -2.22. The maximum absolute atomic E-state index is 11.6. The standard InChI is InChI=1S/C16H21N3O4S/c1-10(2)17-14(20)8-24-9-15-18-16(19-23-15)11-5-6-12(21-3)13(7-11)22-4/h5-7,10H,8-9H2,1-4H3,(H,17,20). The van der Waals surface area contributed by atoms with Gasteiger partial charge < -0.3 is 19.3 Å². The van der Waals surface area contributed by atoms with Crippen molar-refractivity contribution in [1.82, 2.24) is 15.5 Å². The molecule has 7 nitrogen and oxygen atoms in total. The van der Waals surface area contributed by atoms with Gasteiger partial charge in [-0.3, -0.25) is 4.79 Å². The molecule has 0 aliphatic rings. The zero-order chi connectivity index (χ0) is 17.5. The van der Waals surface area contributed by atoms with Crippen molar-refractivity contribution in [3.05, 3.63) is 24.1 Å². The summed E-state index contributed by atoms with van der Waals surface area (Å²) in [6.45, 7) is 3.85. The SMILES string of the molecule is COc1ccc(-c2noc(CSCC(=O)NC(C)C)n2)cc1OC. The number of methoxy groups -OCH3 is 2. The van der Waals surface area contributed by atoms with Crippen LogP contribution in [0.2, 0.25) is 0 Å². The molecule has 1 aromatic heterocycles. The number of hydrogen-bond acceptors (Lipinski definition) is 7. The summed E-state index contributed by atoms with van der Waals surface area (Å²) in [5, 5.41) is 6.80. The molecule has 0 spiro atoms. The first-order valence-electron chi connectivity index (χ1n) is 7.45. The molecule has 0 aliphatic carbocycles. The van der Waals surface area contributed by atoms with Crippen molar-refractivity contribution in [3.8, 4) is 22.9 Å². The van der Waals surface area contributed by atoms with Crippen LogP contribution in [-0.2, 0) is 10.5 Å². The molecule has 0 aliphatic heterocycles. The van der Waals surface area contributed by atoms with Gasteiger partial charge in [0, 0.05) is 11.6 Å². The zero-order valence-electron chi connectivity index (χ0n) is 14.2. The van der Waals surface area contributed by atoms with Gasteiger partial charge in [0.1, 0.15) is 0 Å². The van der Waals surface area contributed by atoms with E-state index >= 15 is 0 Å². The molecule has 0 bridgehead atoms. The lowest BCUT2D eigenvalue weighted by molar-refractivity contribution is -0.119. The van der Waals surface area contributed by atoms with Crippen LogP contribution in [0.1, 0.15) is 19.7 Å². The van der Waals surface area contributed by atoms with Crippen LogP contribution in [0.25, 0.3) is 11.4 Å². The van der Waals surface area contributed by atoms with Gasteiger partial charge in [-0.2, -0.15) is 4.98 Å². The van der Waals surface area contributed by atoms with Crippen molar-refractivity contribution in [3.63, 3.8) is 0 Å². The van der Waals surface area contributed by atoms with E-state index in [0.29, 0.717) is 34.7 Å². The monoisotopic (exact) mass is 351 g/mol. The predicted octanol–water partition coefficient (Wildman–Crippen LogP) is 2.51. The molecule has 1 heterocycles. The number of amides is 1. The van der Waals surface area contributed by atoms with Gasteiger partial charge in [-0.25, -0.2) is 0 Å². The molecule has 0 atom stereocenters. The van der Waals surface area contributed by atoms with Crippen LogP contribution in [0.5, 0.6) is 11.5 Å². The van der Waals surface area contributed by atoms with Crippen molar-refractivity contribution >= 4 is 17.7 Å². The molecular weight excluding hydrogens is 330 g/mol. The first kappa shape index (κ1) is 18.1. The number of carbonyl (C=O) groups excluding carboxylic acids is 1. The Kier molecular flexibility index (Phi) is 6.48. The molecule has 1 amide bonds. The summed E-state index contributed by atoms with van der Waals surface area (Å²) in [4.78, 5) is 15.9. The van der Waals surface area contributed by atoms with Crippen molar-refractivity contribution in [2.24, 2.45) is 0 Å². The van der Waals surface area contributed by atoms with E-state index in [0.717, 1.165) is 5.56 Å². The normalized spacial score (nSPS) is 10.7. The van der Waals surface area contributed by atoms with Crippen LogP contribution in [0.3, 0.4) is 0 Å². The Balaban J connectivity index is 1.97. The topological polar surface area (TPSA) is 86.5 Å². The second kappa shape index (κ2) is 8.58. The number of nitrogens with one attached hydrogen (secondary N) is 1. The third kappa shape index (κ3) is 4.89. The maximum atomic E-state index is 11.6.